The summed E-state index contributed by atoms with van der Waals surface area (Å²) < 4.78 is 12.6. The fraction of sp³-hybridized carbons (Fsp3) is 0.208. The summed E-state index contributed by atoms with van der Waals surface area (Å²) in [5.74, 6) is 2.10. The summed E-state index contributed by atoms with van der Waals surface area (Å²) >= 11 is 0. The molecule has 0 aliphatic heterocycles. The molecule has 4 aromatic rings. The number of hydrogen-bond acceptors (Lipinski definition) is 5. The molecule has 0 amide bonds. The SMILES string of the molecule is CCNC(=NCc1coc(-c2ccccc2)n1)NCc1ccn(-c2ccc(OC)cc2)n1.I. The van der Waals surface area contributed by atoms with E-state index >= 15 is 0 Å². The molecule has 2 aromatic carbocycles. The second-order valence-corrected chi connectivity index (χ2v) is 7.01. The van der Waals surface area contributed by atoms with E-state index in [0.29, 0.717) is 24.9 Å². The molecule has 0 saturated carbocycles. The predicted molar refractivity (Wildman–Crippen MR) is 139 cm³/mol. The molecule has 0 spiro atoms. The monoisotopic (exact) mass is 558 g/mol. The fourth-order valence-corrected chi connectivity index (χ4v) is 3.10. The van der Waals surface area contributed by atoms with E-state index < -0.39 is 0 Å². The Balaban J connectivity index is 0.00000306. The molecule has 0 unspecified atom stereocenters. The molecule has 2 heterocycles. The first-order chi connectivity index (χ1) is 15.7. The van der Waals surface area contributed by atoms with Crippen LogP contribution in [0.5, 0.6) is 5.75 Å². The molecular formula is C24H27IN6O2. The predicted octanol–water partition coefficient (Wildman–Crippen LogP) is 4.41. The van der Waals surface area contributed by atoms with Gasteiger partial charge in [0, 0.05) is 18.3 Å². The zero-order valence-corrected chi connectivity index (χ0v) is 20.9. The third-order valence-corrected chi connectivity index (χ3v) is 4.73. The van der Waals surface area contributed by atoms with Gasteiger partial charge in [0.15, 0.2) is 5.96 Å². The van der Waals surface area contributed by atoms with Gasteiger partial charge in [-0.3, -0.25) is 0 Å². The van der Waals surface area contributed by atoms with Crippen LogP contribution in [-0.2, 0) is 13.1 Å². The first kappa shape index (κ1) is 24.3. The van der Waals surface area contributed by atoms with Crippen LogP contribution in [0.3, 0.4) is 0 Å². The van der Waals surface area contributed by atoms with Crippen molar-refractivity contribution < 1.29 is 9.15 Å². The maximum atomic E-state index is 5.59. The topological polar surface area (TPSA) is 89.5 Å². The Morgan fingerprint density at radius 1 is 1.03 bits per heavy atom. The number of ether oxygens (including phenoxy) is 1. The summed E-state index contributed by atoms with van der Waals surface area (Å²) in [4.78, 5) is 9.14. The van der Waals surface area contributed by atoms with Gasteiger partial charge < -0.3 is 19.8 Å². The van der Waals surface area contributed by atoms with E-state index in [2.05, 4.69) is 25.7 Å². The highest BCUT2D eigenvalue weighted by Gasteiger charge is 2.07. The van der Waals surface area contributed by atoms with Crippen molar-refractivity contribution in [3.8, 4) is 22.9 Å². The Morgan fingerprint density at radius 3 is 2.55 bits per heavy atom. The van der Waals surface area contributed by atoms with Gasteiger partial charge in [0.25, 0.3) is 0 Å². The number of halogens is 1. The molecule has 0 radical (unpaired) electrons. The summed E-state index contributed by atoms with van der Waals surface area (Å²) in [6, 6.07) is 19.6. The van der Waals surface area contributed by atoms with Crippen LogP contribution in [0.1, 0.15) is 18.3 Å². The van der Waals surface area contributed by atoms with E-state index in [4.69, 9.17) is 9.15 Å². The molecular weight excluding hydrogens is 531 g/mol. The number of methoxy groups -OCH3 is 1. The van der Waals surface area contributed by atoms with E-state index in [9.17, 15) is 0 Å². The van der Waals surface area contributed by atoms with Gasteiger partial charge in [-0.25, -0.2) is 14.7 Å². The van der Waals surface area contributed by atoms with Gasteiger partial charge in [0.2, 0.25) is 5.89 Å². The Morgan fingerprint density at radius 2 is 1.82 bits per heavy atom. The maximum Gasteiger partial charge on any atom is 0.226 e. The molecule has 0 aliphatic rings. The number of hydrogen-bond donors (Lipinski definition) is 2. The van der Waals surface area contributed by atoms with Gasteiger partial charge in [-0.1, -0.05) is 18.2 Å². The summed E-state index contributed by atoms with van der Waals surface area (Å²) in [5.41, 5.74) is 3.59. The van der Waals surface area contributed by atoms with Crippen LogP contribution in [0.25, 0.3) is 17.1 Å². The lowest BCUT2D eigenvalue weighted by Crippen LogP contribution is -2.36. The molecule has 0 atom stereocenters. The normalized spacial score (nSPS) is 11.0. The number of nitrogens with zero attached hydrogens (tertiary/aromatic N) is 4. The Labute approximate surface area is 210 Å². The number of aliphatic imine (C=N–C) groups is 1. The number of benzene rings is 2. The van der Waals surface area contributed by atoms with Crippen LogP contribution in [0.15, 0.2) is 82.5 Å². The number of aromatic nitrogens is 3. The van der Waals surface area contributed by atoms with E-state index in [-0.39, 0.29) is 24.0 Å². The highest BCUT2D eigenvalue weighted by Crippen LogP contribution is 2.18. The molecule has 4 rings (SSSR count). The van der Waals surface area contributed by atoms with Crippen LogP contribution >= 0.6 is 24.0 Å². The molecule has 2 N–H and O–H groups in total. The molecule has 172 valence electrons. The second-order valence-electron chi connectivity index (χ2n) is 7.01. The molecule has 33 heavy (non-hydrogen) atoms. The van der Waals surface area contributed by atoms with E-state index in [1.54, 1.807) is 13.4 Å². The molecule has 0 bridgehead atoms. The van der Waals surface area contributed by atoms with Crippen molar-refractivity contribution in [2.24, 2.45) is 4.99 Å². The minimum absolute atomic E-state index is 0. The molecule has 8 nitrogen and oxygen atoms in total. The van der Waals surface area contributed by atoms with E-state index in [1.807, 2.05) is 78.5 Å². The fourth-order valence-electron chi connectivity index (χ4n) is 3.10. The molecule has 0 fully saturated rings. The van der Waals surface area contributed by atoms with Crippen LogP contribution in [0.4, 0.5) is 0 Å². The van der Waals surface area contributed by atoms with Crippen molar-refractivity contribution in [2.75, 3.05) is 13.7 Å². The van der Waals surface area contributed by atoms with Crippen LogP contribution in [0.2, 0.25) is 0 Å². The summed E-state index contributed by atoms with van der Waals surface area (Å²) in [6.07, 6.45) is 3.58. The van der Waals surface area contributed by atoms with Crippen molar-refractivity contribution in [1.29, 1.82) is 0 Å². The van der Waals surface area contributed by atoms with Gasteiger partial charge >= 0.3 is 0 Å². The third-order valence-electron chi connectivity index (χ3n) is 4.73. The Hall–Kier alpha value is -3.34. The average Bonchev–Trinajstić information content (AvgIpc) is 3.51. The van der Waals surface area contributed by atoms with Crippen molar-refractivity contribution in [1.82, 2.24) is 25.4 Å². The van der Waals surface area contributed by atoms with Gasteiger partial charge in [-0.15, -0.1) is 24.0 Å². The summed E-state index contributed by atoms with van der Waals surface area (Å²) in [6.45, 7) is 3.73. The minimum atomic E-state index is 0. The number of guanidine groups is 1. The van der Waals surface area contributed by atoms with Crippen LogP contribution < -0.4 is 15.4 Å². The van der Waals surface area contributed by atoms with Crippen LogP contribution in [-0.4, -0.2) is 34.4 Å². The zero-order chi connectivity index (χ0) is 22.2. The highest BCUT2D eigenvalue weighted by atomic mass is 127. The van der Waals surface area contributed by atoms with Crippen molar-refractivity contribution in [3.63, 3.8) is 0 Å². The highest BCUT2D eigenvalue weighted by molar-refractivity contribution is 14.0. The summed E-state index contributed by atoms with van der Waals surface area (Å²) in [5, 5.41) is 11.2. The lowest BCUT2D eigenvalue weighted by atomic mass is 10.2. The zero-order valence-electron chi connectivity index (χ0n) is 18.6. The van der Waals surface area contributed by atoms with Gasteiger partial charge in [0.1, 0.15) is 17.7 Å². The third kappa shape index (κ3) is 6.58. The Kier molecular flexibility index (Phi) is 8.87. The van der Waals surface area contributed by atoms with E-state index in [0.717, 1.165) is 34.9 Å². The summed E-state index contributed by atoms with van der Waals surface area (Å²) in [7, 11) is 1.65. The van der Waals surface area contributed by atoms with Crippen LogP contribution in [0, 0.1) is 0 Å². The number of oxazole rings is 1. The maximum absolute atomic E-state index is 5.59. The van der Waals surface area contributed by atoms with Crippen molar-refractivity contribution in [3.05, 3.63) is 84.5 Å². The number of rotatable bonds is 8. The first-order valence-electron chi connectivity index (χ1n) is 10.5. The first-order valence-corrected chi connectivity index (χ1v) is 10.5. The molecule has 0 aliphatic carbocycles. The van der Waals surface area contributed by atoms with Gasteiger partial charge in [0.05, 0.1) is 31.6 Å². The van der Waals surface area contributed by atoms with Crippen molar-refractivity contribution >= 4 is 29.9 Å². The Bertz CT molecular complexity index is 1160. The van der Waals surface area contributed by atoms with Gasteiger partial charge in [-0.05, 0) is 49.4 Å². The largest absolute Gasteiger partial charge is 0.497 e. The van der Waals surface area contributed by atoms with E-state index in [1.165, 1.54) is 0 Å². The lowest BCUT2D eigenvalue weighted by Gasteiger charge is -2.09. The molecule has 2 aromatic heterocycles. The number of nitrogens with one attached hydrogen (secondary N) is 2. The minimum Gasteiger partial charge on any atom is -0.497 e. The smallest absolute Gasteiger partial charge is 0.226 e. The second kappa shape index (κ2) is 12.0. The average molecular weight is 558 g/mol. The lowest BCUT2D eigenvalue weighted by molar-refractivity contribution is 0.414. The molecule has 9 heteroatoms. The standard InChI is InChI=1S/C24H26N6O2.HI/c1-3-25-24(27-16-20-17-32-23(28-20)18-7-5-4-6-8-18)26-15-19-13-14-30(29-19)21-9-11-22(31-2)12-10-21;/h4-14,17H,3,15-16H2,1-2H3,(H2,25,26,27);1H. The molecule has 0 saturated heterocycles. The van der Waals surface area contributed by atoms with Gasteiger partial charge in [-0.2, -0.15) is 5.10 Å². The van der Waals surface area contributed by atoms with Crippen molar-refractivity contribution in [2.45, 2.75) is 20.0 Å². The quantitative estimate of drug-likeness (QED) is 0.189.